The van der Waals surface area contributed by atoms with Crippen molar-refractivity contribution in [3.63, 3.8) is 0 Å². The standard InChI is InChI=1S/C20H19NO/c1-20(22,17-12-6-3-7-13-17)19(16-10-4-2-5-11-16)18-14-8-9-15-21-18/h2-15,19,22H,1H3/t19-,20-/m1/s1. The SMILES string of the molecule is C[C@@](O)(c1ccccc1)[C@H](c1ccccc1)c1ccccn1. The van der Waals surface area contributed by atoms with Crippen molar-refractivity contribution in [2.24, 2.45) is 0 Å². The summed E-state index contributed by atoms with van der Waals surface area (Å²) in [6, 6.07) is 25.6. The van der Waals surface area contributed by atoms with E-state index in [0.29, 0.717) is 0 Å². The molecule has 2 atom stereocenters. The van der Waals surface area contributed by atoms with Gasteiger partial charge in [-0.15, -0.1) is 0 Å². The van der Waals surface area contributed by atoms with Crippen LogP contribution in [0.2, 0.25) is 0 Å². The Labute approximate surface area is 131 Å². The molecule has 0 unspecified atom stereocenters. The monoisotopic (exact) mass is 289 g/mol. The summed E-state index contributed by atoms with van der Waals surface area (Å²) >= 11 is 0. The second kappa shape index (κ2) is 6.12. The van der Waals surface area contributed by atoms with Crippen LogP contribution in [0.3, 0.4) is 0 Å². The third-order valence-electron chi connectivity index (χ3n) is 4.04. The molecule has 1 N–H and O–H groups in total. The summed E-state index contributed by atoms with van der Waals surface area (Å²) in [6.45, 7) is 1.86. The third-order valence-corrected chi connectivity index (χ3v) is 4.04. The largest absolute Gasteiger partial charge is 0.384 e. The van der Waals surface area contributed by atoms with E-state index < -0.39 is 5.60 Å². The smallest absolute Gasteiger partial charge is 0.0992 e. The van der Waals surface area contributed by atoms with Crippen LogP contribution in [0.15, 0.2) is 85.1 Å². The Morgan fingerprint density at radius 1 is 0.818 bits per heavy atom. The first-order valence-corrected chi connectivity index (χ1v) is 7.43. The molecule has 2 nitrogen and oxygen atoms in total. The third kappa shape index (κ3) is 2.78. The Hall–Kier alpha value is -2.45. The van der Waals surface area contributed by atoms with Gasteiger partial charge in [0, 0.05) is 6.20 Å². The van der Waals surface area contributed by atoms with Crippen LogP contribution in [0.1, 0.15) is 29.7 Å². The molecular formula is C20H19NO. The fourth-order valence-corrected chi connectivity index (χ4v) is 2.92. The lowest BCUT2D eigenvalue weighted by Crippen LogP contribution is -2.31. The lowest BCUT2D eigenvalue weighted by atomic mass is 9.76. The van der Waals surface area contributed by atoms with Crippen LogP contribution in [0.5, 0.6) is 0 Å². The van der Waals surface area contributed by atoms with Gasteiger partial charge in [0.05, 0.1) is 17.2 Å². The van der Waals surface area contributed by atoms with E-state index in [0.717, 1.165) is 16.8 Å². The average Bonchev–Trinajstić information content (AvgIpc) is 2.58. The van der Waals surface area contributed by atoms with Gasteiger partial charge in [0.25, 0.3) is 0 Å². The zero-order chi connectivity index (χ0) is 15.4. The molecule has 0 spiro atoms. The minimum absolute atomic E-state index is 0.225. The maximum Gasteiger partial charge on any atom is 0.0992 e. The molecule has 2 aromatic carbocycles. The van der Waals surface area contributed by atoms with Crippen molar-refractivity contribution in [1.29, 1.82) is 0 Å². The summed E-state index contributed by atoms with van der Waals surface area (Å²) in [5, 5.41) is 11.3. The molecule has 1 aromatic heterocycles. The van der Waals surface area contributed by atoms with Crippen LogP contribution in [0.4, 0.5) is 0 Å². The molecule has 0 amide bonds. The Morgan fingerprint density at radius 2 is 1.41 bits per heavy atom. The fraction of sp³-hybridized carbons (Fsp3) is 0.150. The van der Waals surface area contributed by atoms with E-state index in [9.17, 15) is 5.11 Å². The number of rotatable bonds is 4. The number of benzene rings is 2. The van der Waals surface area contributed by atoms with Crippen LogP contribution in [0.25, 0.3) is 0 Å². The summed E-state index contributed by atoms with van der Waals surface area (Å²) in [4.78, 5) is 4.49. The van der Waals surface area contributed by atoms with Crippen molar-refractivity contribution < 1.29 is 5.11 Å². The van der Waals surface area contributed by atoms with Gasteiger partial charge in [-0.2, -0.15) is 0 Å². The van der Waals surface area contributed by atoms with Gasteiger partial charge >= 0.3 is 0 Å². The molecule has 0 aliphatic carbocycles. The minimum Gasteiger partial charge on any atom is -0.384 e. The minimum atomic E-state index is -1.04. The Morgan fingerprint density at radius 3 is 2.00 bits per heavy atom. The van der Waals surface area contributed by atoms with Crippen LogP contribution in [0, 0.1) is 0 Å². The topological polar surface area (TPSA) is 33.1 Å². The first kappa shape index (κ1) is 14.5. The van der Waals surface area contributed by atoms with Crippen molar-refractivity contribution in [3.05, 3.63) is 102 Å². The molecule has 0 saturated heterocycles. The highest BCUT2D eigenvalue weighted by Gasteiger charge is 2.36. The van der Waals surface area contributed by atoms with Gasteiger partial charge in [-0.25, -0.2) is 0 Å². The first-order valence-electron chi connectivity index (χ1n) is 7.43. The number of hydrogen-bond acceptors (Lipinski definition) is 2. The normalized spacial score (nSPS) is 15.0. The maximum atomic E-state index is 11.3. The summed E-state index contributed by atoms with van der Waals surface area (Å²) in [6.07, 6.45) is 1.77. The molecule has 1 heterocycles. The van der Waals surface area contributed by atoms with Crippen molar-refractivity contribution in [2.75, 3.05) is 0 Å². The van der Waals surface area contributed by atoms with E-state index in [-0.39, 0.29) is 5.92 Å². The molecule has 2 heteroatoms. The molecular weight excluding hydrogens is 270 g/mol. The lowest BCUT2D eigenvalue weighted by Gasteiger charge is -2.33. The van der Waals surface area contributed by atoms with Gasteiger partial charge in [0.2, 0.25) is 0 Å². The summed E-state index contributed by atoms with van der Waals surface area (Å²) in [5.74, 6) is -0.225. The van der Waals surface area contributed by atoms with Gasteiger partial charge in [-0.1, -0.05) is 66.7 Å². The molecule has 0 bridgehead atoms. The van der Waals surface area contributed by atoms with E-state index in [2.05, 4.69) is 4.98 Å². The molecule has 0 fully saturated rings. The molecule has 0 aliphatic heterocycles. The predicted molar refractivity (Wildman–Crippen MR) is 88.5 cm³/mol. The van der Waals surface area contributed by atoms with Crippen LogP contribution >= 0.6 is 0 Å². The Balaban J connectivity index is 2.14. The number of pyridine rings is 1. The lowest BCUT2D eigenvalue weighted by molar-refractivity contribution is 0.0380. The Kier molecular flexibility index (Phi) is 4.03. The molecule has 0 aliphatic rings. The molecule has 22 heavy (non-hydrogen) atoms. The molecule has 0 radical (unpaired) electrons. The van der Waals surface area contributed by atoms with Gasteiger partial charge in [-0.3, -0.25) is 4.98 Å². The highest BCUT2D eigenvalue weighted by atomic mass is 16.3. The molecule has 3 aromatic rings. The van der Waals surface area contributed by atoms with E-state index in [1.165, 1.54) is 0 Å². The zero-order valence-corrected chi connectivity index (χ0v) is 12.6. The van der Waals surface area contributed by atoms with Crippen molar-refractivity contribution in [2.45, 2.75) is 18.4 Å². The Bertz CT molecular complexity index is 669. The maximum absolute atomic E-state index is 11.3. The van der Waals surface area contributed by atoms with Crippen molar-refractivity contribution in [1.82, 2.24) is 4.98 Å². The first-order chi connectivity index (χ1) is 10.7. The van der Waals surface area contributed by atoms with Gasteiger partial charge in [-0.05, 0) is 30.2 Å². The quantitative estimate of drug-likeness (QED) is 0.783. The number of hydrogen-bond donors (Lipinski definition) is 1. The fourth-order valence-electron chi connectivity index (χ4n) is 2.92. The van der Waals surface area contributed by atoms with Crippen LogP contribution in [-0.4, -0.2) is 10.1 Å². The van der Waals surface area contributed by atoms with Gasteiger partial charge in [0.15, 0.2) is 0 Å². The summed E-state index contributed by atoms with van der Waals surface area (Å²) in [5.41, 5.74) is 1.75. The number of aliphatic hydroxyl groups is 1. The molecule has 110 valence electrons. The summed E-state index contributed by atoms with van der Waals surface area (Å²) in [7, 11) is 0. The highest BCUT2D eigenvalue weighted by molar-refractivity contribution is 5.37. The molecule has 3 rings (SSSR count). The van der Waals surface area contributed by atoms with Crippen molar-refractivity contribution >= 4 is 0 Å². The van der Waals surface area contributed by atoms with Gasteiger partial charge in [0.1, 0.15) is 0 Å². The highest BCUT2D eigenvalue weighted by Crippen LogP contribution is 2.40. The van der Waals surface area contributed by atoms with Crippen LogP contribution < -0.4 is 0 Å². The van der Waals surface area contributed by atoms with Crippen molar-refractivity contribution in [3.8, 4) is 0 Å². The van der Waals surface area contributed by atoms with Crippen LogP contribution in [-0.2, 0) is 5.60 Å². The second-order valence-electron chi connectivity index (χ2n) is 5.61. The zero-order valence-electron chi connectivity index (χ0n) is 12.6. The predicted octanol–water partition coefficient (Wildman–Crippen LogP) is 4.12. The number of aromatic nitrogens is 1. The van der Waals surface area contributed by atoms with E-state index in [4.69, 9.17) is 0 Å². The summed E-state index contributed by atoms with van der Waals surface area (Å²) < 4.78 is 0. The van der Waals surface area contributed by atoms with E-state index >= 15 is 0 Å². The van der Waals surface area contributed by atoms with Gasteiger partial charge < -0.3 is 5.11 Å². The average molecular weight is 289 g/mol. The van der Waals surface area contributed by atoms with E-state index in [1.807, 2.05) is 85.8 Å². The van der Waals surface area contributed by atoms with E-state index in [1.54, 1.807) is 6.20 Å². The second-order valence-corrected chi connectivity index (χ2v) is 5.61. The number of nitrogens with zero attached hydrogens (tertiary/aromatic N) is 1. The molecule has 0 saturated carbocycles.